The molecule has 116 valence electrons. The molecule has 0 unspecified atom stereocenters. The maximum Gasteiger partial charge on any atom is 0.346 e. The fourth-order valence-corrected chi connectivity index (χ4v) is 3.43. The van der Waals surface area contributed by atoms with E-state index in [1.807, 2.05) is 11.8 Å². The lowest BCUT2D eigenvalue weighted by Gasteiger charge is -2.33. The van der Waals surface area contributed by atoms with Crippen LogP contribution in [0.5, 0.6) is 5.75 Å². The number of carboxylic acid groups (broad SMARTS) is 1. The topological polar surface area (TPSA) is 66.8 Å². The molecule has 1 aliphatic carbocycles. The fourth-order valence-electron chi connectivity index (χ4n) is 2.77. The van der Waals surface area contributed by atoms with E-state index >= 15 is 0 Å². The molecule has 5 nitrogen and oxygen atoms in total. The van der Waals surface area contributed by atoms with E-state index in [-0.39, 0.29) is 17.4 Å². The molecule has 0 aromatic carbocycles. The highest BCUT2D eigenvalue weighted by molar-refractivity contribution is 7.12. The van der Waals surface area contributed by atoms with Crippen LogP contribution in [0.1, 0.15) is 48.7 Å². The summed E-state index contributed by atoms with van der Waals surface area (Å²) in [6.07, 6.45) is 5.76. The van der Waals surface area contributed by atoms with Gasteiger partial charge in [-0.2, -0.15) is 0 Å². The Morgan fingerprint density at radius 1 is 1.38 bits per heavy atom. The Balaban J connectivity index is 1.88. The van der Waals surface area contributed by atoms with Crippen LogP contribution in [-0.4, -0.2) is 41.1 Å². The average molecular weight is 311 g/mol. The largest absolute Gasteiger partial charge is 0.483 e. The van der Waals surface area contributed by atoms with Crippen molar-refractivity contribution in [3.8, 4) is 5.75 Å². The van der Waals surface area contributed by atoms with Gasteiger partial charge >= 0.3 is 5.97 Å². The molecular weight excluding hydrogens is 290 g/mol. The van der Waals surface area contributed by atoms with Gasteiger partial charge in [0.15, 0.2) is 6.61 Å². The Morgan fingerprint density at radius 2 is 2.10 bits per heavy atom. The number of amides is 1. The number of likely N-dealkylation sites (N-methyl/N-ethyl adjacent to an activating group) is 1. The van der Waals surface area contributed by atoms with Gasteiger partial charge in [0, 0.05) is 24.0 Å². The van der Waals surface area contributed by atoms with Gasteiger partial charge in [-0.3, -0.25) is 4.79 Å². The lowest BCUT2D eigenvalue weighted by atomic mass is 9.94. The van der Waals surface area contributed by atoms with E-state index in [0.717, 1.165) is 24.2 Å². The number of hydrogen-bond donors (Lipinski definition) is 1. The summed E-state index contributed by atoms with van der Waals surface area (Å²) in [6, 6.07) is 1.79. The van der Waals surface area contributed by atoms with E-state index in [1.54, 1.807) is 5.38 Å². The standard InChI is InChI=1S/C15H21NO4S/c1-2-16(11-6-4-3-5-7-11)14(17)9-20-12-8-13(15(18)19)21-10-12/h8,10-11H,2-7,9H2,1H3,(H,18,19). The van der Waals surface area contributed by atoms with Crippen molar-refractivity contribution in [2.75, 3.05) is 13.2 Å². The zero-order valence-electron chi connectivity index (χ0n) is 12.2. The van der Waals surface area contributed by atoms with Gasteiger partial charge in [-0.1, -0.05) is 19.3 Å². The summed E-state index contributed by atoms with van der Waals surface area (Å²) in [5, 5.41) is 10.5. The summed E-state index contributed by atoms with van der Waals surface area (Å²) < 4.78 is 5.43. The molecule has 0 radical (unpaired) electrons. The first-order chi connectivity index (χ1) is 10.1. The van der Waals surface area contributed by atoms with Gasteiger partial charge in [0.1, 0.15) is 10.6 Å². The summed E-state index contributed by atoms with van der Waals surface area (Å²) in [5.41, 5.74) is 0. The van der Waals surface area contributed by atoms with Crippen LogP contribution in [0.2, 0.25) is 0 Å². The number of aromatic carboxylic acids is 1. The second-order valence-corrected chi connectivity index (χ2v) is 6.12. The van der Waals surface area contributed by atoms with Crippen LogP contribution in [0, 0.1) is 0 Å². The van der Waals surface area contributed by atoms with E-state index in [0.29, 0.717) is 18.3 Å². The highest BCUT2D eigenvalue weighted by atomic mass is 32.1. The highest BCUT2D eigenvalue weighted by Gasteiger charge is 2.24. The Bertz CT molecular complexity index is 494. The van der Waals surface area contributed by atoms with Gasteiger partial charge in [-0.15, -0.1) is 11.3 Å². The van der Waals surface area contributed by atoms with Crippen LogP contribution in [0.25, 0.3) is 0 Å². The van der Waals surface area contributed by atoms with Crippen LogP contribution in [0.4, 0.5) is 0 Å². The maximum absolute atomic E-state index is 12.3. The van der Waals surface area contributed by atoms with Gasteiger partial charge in [0.05, 0.1) is 0 Å². The van der Waals surface area contributed by atoms with Crippen molar-refractivity contribution in [2.45, 2.75) is 45.1 Å². The molecule has 1 aliphatic rings. The van der Waals surface area contributed by atoms with E-state index in [2.05, 4.69) is 0 Å². The molecule has 1 aromatic heterocycles. The number of carboxylic acids is 1. The zero-order chi connectivity index (χ0) is 15.2. The minimum atomic E-state index is -0.974. The van der Waals surface area contributed by atoms with Crippen LogP contribution in [-0.2, 0) is 4.79 Å². The Kier molecular flexibility index (Phi) is 5.61. The second kappa shape index (κ2) is 7.45. The van der Waals surface area contributed by atoms with Crippen molar-refractivity contribution in [3.63, 3.8) is 0 Å². The molecule has 1 saturated carbocycles. The monoisotopic (exact) mass is 311 g/mol. The Labute approximate surface area is 128 Å². The number of ether oxygens (including phenoxy) is 1. The van der Waals surface area contributed by atoms with Gasteiger partial charge in [-0.05, 0) is 19.8 Å². The molecule has 2 rings (SSSR count). The van der Waals surface area contributed by atoms with Gasteiger partial charge in [-0.25, -0.2) is 4.79 Å². The molecule has 21 heavy (non-hydrogen) atoms. The van der Waals surface area contributed by atoms with Gasteiger partial charge in [0.25, 0.3) is 5.91 Å². The van der Waals surface area contributed by atoms with E-state index in [1.165, 1.54) is 25.3 Å². The molecule has 1 aromatic rings. The molecular formula is C15H21NO4S. The number of nitrogens with zero attached hydrogens (tertiary/aromatic N) is 1. The Hall–Kier alpha value is -1.56. The van der Waals surface area contributed by atoms with Crippen molar-refractivity contribution in [2.24, 2.45) is 0 Å². The van der Waals surface area contributed by atoms with Crippen LogP contribution in [0.15, 0.2) is 11.4 Å². The van der Waals surface area contributed by atoms with E-state index < -0.39 is 5.97 Å². The number of carbonyl (C=O) groups excluding carboxylic acids is 1. The Morgan fingerprint density at radius 3 is 2.67 bits per heavy atom. The molecule has 1 amide bonds. The lowest BCUT2D eigenvalue weighted by molar-refractivity contribution is -0.136. The number of rotatable bonds is 6. The predicted molar refractivity (Wildman–Crippen MR) is 81.0 cm³/mol. The molecule has 6 heteroatoms. The second-order valence-electron chi connectivity index (χ2n) is 5.21. The summed E-state index contributed by atoms with van der Waals surface area (Å²) in [7, 11) is 0. The van der Waals surface area contributed by atoms with Gasteiger partial charge < -0.3 is 14.7 Å². The summed E-state index contributed by atoms with van der Waals surface area (Å²) in [6.45, 7) is 2.65. The quantitative estimate of drug-likeness (QED) is 0.877. The first kappa shape index (κ1) is 15.8. The molecule has 0 bridgehead atoms. The SMILES string of the molecule is CCN(C(=O)COc1csc(C(=O)O)c1)C1CCCCC1. The molecule has 1 heterocycles. The van der Waals surface area contributed by atoms with E-state index in [9.17, 15) is 9.59 Å². The minimum Gasteiger partial charge on any atom is -0.483 e. The molecule has 1 N–H and O–H groups in total. The average Bonchev–Trinajstić information content (AvgIpc) is 2.96. The van der Waals surface area contributed by atoms with Crippen LogP contribution >= 0.6 is 11.3 Å². The maximum atomic E-state index is 12.3. The number of carbonyl (C=O) groups is 2. The first-order valence-corrected chi connectivity index (χ1v) is 8.24. The highest BCUT2D eigenvalue weighted by Crippen LogP contribution is 2.24. The van der Waals surface area contributed by atoms with Crippen LogP contribution in [0.3, 0.4) is 0 Å². The van der Waals surface area contributed by atoms with Crippen molar-refractivity contribution in [1.82, 2.24) is 4.90 Å². The van der Waals surface area contributed by atoms with Crippen molar-refractivity contribution in [3.05, 3.63) is 16.3 Å². The smallest absolute Gasteiger partial charge is 0.346 e. The summed E-state index contributed by atoms with van der Waals surface area (Å²) >= 11 is 1.10. The molecule has 0 atom stereocenters. The van der Waals surface area contributed by atoms with Gasteiger partial charge in [0.2, 0.25) is 0 Å². The normalized spacial score (nSPS) is 15.7. The fraction of sp³-hybridized carbons (Fsp3) is 0.600. The third-order valence-electron chi connectivity index (χ3n) is 3.82. The molecule has 1 fully saturated rings. The predicted octanol–water partition coefficient (Wildman–Crippen LogP) is 3.01. The first-order valence-electron chi connectivity index (χ1n) is 7.36. The minimum absolute atomic E-state index is 0.0209. The zero-order valence-corrected chi connectivity index (χ0v) is 13.0. The van der Waals surface area contributed by atoms with Crippen molar-refractivity contribution in [1.29, 1.82) is 0 Å². The molecule has 0 spiro atoms. The molecule has 0 saturated heterocycles. The summed E-state index contributed by atoms with van der Waals surface area (Å²) in [5.74, 6) is -0.545. The van der Waals surface area contributed by atoms with Crippen molar-refractivity contribution < 1.29 is 19.4 Å². The van der Waals surface area contributed by atoms with E-state index in [4.69, 9.17) is 9.84 Å². The van der Waals surface area contributed by atoms with Crippen molar-refractivity contribution >= 4 is 23.2 Å². The third kappa shape index (κ3) is 4.20. The third-order valence-corrected chi connectivity index (χ3v) is 4.72. The molecule has 0 aliphatic heterocycles. The lowest BCUT2D eigenvalue weighted by Crippen LogP contribution is -2.43. The summed E-state index contributed by atoms with van der Waals surface area (Å²) in [4.78, 5) is 25.2. The number of thiophene rings is 1. The van der Waals surface area contributed by atoms with Crippen LogP contribution < -0.4 is 4.74 Å². The number of hydrogen-bond acceptors (Lipinski definition) is 4.